The van der Waals surface area contributed by atoms with Gasteiger partial charge in [0.25, 0.3) is 0 Å². The SMILES string of the molecule is CCCN1CCN(C(=O)N2CC(C(=O)O)C2)CC1. The van der Waals surface area contributed by atoms with Crippen LogP contribution >= 0.6 is 0 Å². The minimum Gasteiger partial charge on any atom is -0.481 e. The van der Waals surface area contributed by atoms with E-state index in [0.29, 0.717) is 13.1 Å². The van der Waals surface area contributed by atoms with Crippen LogP contribution in [-0.2, 0) is 4.79 Å². The zero-order valence-corrected chi connectivity index (χ0v) is 10.8. The van der Waals surface area contributed by atoms with Crippen LogP contribution in [-0.4, -0.2) is 77.6 Å². The molecule has 0 saturated carbocycles. The van der Waals surface area contributed by atoms with E-state index in [1.54, 1.807) is 4.90 Å². The highest BCUT2D eigenvalue weighted by Crippen LogP contribution is 2.18. The molecule has 0 bridgehead atoms. The molecular weight excluding hydrogens is 234 g/mol. The van der Waals surface area contributed by atoms with Gasteiger partial charge in [-0.05, 0) is 13.0 Å². The van der Waals surface area contributed by atoms with Crippen molar-refractivity contribution in [2.24, 2.45) is 5.92 Å². The number of aliphatic carboxylic acids is 1. The first-order valence-electron chi connectivity index (χ1n) is 6.60. The number of hydrogen-bond donors (Lipinski definition) is 1. The maximum absolute atomic E-state index is 12.1. The quantitative estimate of drug-likeness (QED) is 0.779. The van der Waals surface area contributed by atoms with Gasteiger partial charge in [-0.15, -0.1) is 0 Å². The molecule has 0 radical (unpaired) electrons. The number of nitrogens with zero attached hydrogens (tertiary/aromatic N) is 3. The van der Waals surface area contributed by atoms with Gasteiger partial charge in [0.2, 0.25) is 0 Å². The Balaban J connectivity index is 1.74. The lowest BCUT2D eigenvalue weighted by Gasteiger charge is -2.42. The third-order valence-electron chi connectivity index (χ3n) is 3.68. The summed E-state index contributed by atoms with van der Waals surface area (Å²) in [6.07, 6.45) is 1.14. The van der Waals surface area contributed by atoms with E-state index in [2.05, 4.69) is 11.8 Å². The minimum atomic E-state index is -0.799. The van der Waals surface area contributed by atoms with Crippen molar-refractivity contribution in [3.63, 3.8) is 0 Å². The van der Waals surface area contributed by atoms with Gasteiger partial charge in [0, 0.05) is 39.3 Å². The summed E-state index contributed by atoms with van der Waals surface area (Å²) in [6.45, 7) is 7.34. The van der Waals surface area contributed by atoms with Gasteiger partial charge in [-0.25, -0.2) is 4.79 Å². The summed E-state index contributed by atoms with van der Waals surface area (Å²) in [5, 5.41) is 8.78. The van der Waals surface area contributed by atoms with Crippen molar-refractivity contribution in [2.45, 2.75) is 13.3 Å². The van der Waals surface area contributed by atoms with E-state index >= 15 is 0 Å². The fourth-order valence-electron chi connectivity index (χ4n) is 2.47. The molecule has 2 saturated heterocycles. The Morgan fingerprint density at radius 3 is 2.22 bits per heavy atom. The topological polar surface area (TPSA) is 64.1 Å². The van der Waals surface area contributed by atoms with Crippen molar-refractivity contribution < 1.29 is 14.7 Å². The molecule has 6 nitrogen and oxygen atoms in total. The van der Waals surface area contributed by atoms with E-state index in [4.69, 9.17) is 5.11 Å². The Hall–Kier alpha value is -1.30. The Bertz CT molecular complexity index is 321. The lowest BCUT2D eigenvalue weighted by Crippen LogP contribution is -2.60. The van der Waals surface area contributed by atoms with Crippen LogP contribution in [0.25, 0.3) is 0 Å². The number of carboxylic acid groups (broad SMARTS) is 1. The lowest BCUT2D eigenvalue weighted by atomic mass is 10.0. The lowest BCUT2D eigenvalue weighted by molar-refractivity contribution is -0.146. The van der Waals surface area contributed by atoms with Crippen molar-refractivity contribution in [3.8, 4) is 0 Å². The highest BCUT2D eigenvalue weighted by atomic mass is 16.4. The molecule has 2 aliphatic heterocycles. The average Bonchev–Trinajstić information content (AvgIpc) is 2.27. The van der Waals surface area contributed by atoms with E-state index in [1.807, 2.05) is 4.90 Å². The molecule has 6 heteroatoms. The van der Waals surface area contributed by atoms with Gasteiger partial charge >= 0.3 is 12.0 Å². The number of urea groups is 1. The van der Waals surface area contributed by atoms with Gasteiger partial charge in [0.1, 0.15) is 0 Å². The molecule has 2 aliphatic rings. The molecule has 18 heavy (non-hydrogen) atoms. The standard InChI is InChI=1S/C12H21N3O3/c1-2-3-13-4-6-14(7-5-13)12(18)15-8-10(9-15)11(16)17/h10H,2-9H2,1H3,(H,16,17). The Morgan fingerprint density at radius 1 is 1.11 bits per heavy atom. The molecule has 0 unspecified atom stereocenters. The molecule has 0 aliphatic carbocycles. The summed E-state index contributed by atoms with van der Waals surface area (Å²) in [6, 6.07) is 0.00338. The van der Waals surface area contributed by atoms with Crippen LogP contribution in [0.3, 0.4) is 0 Å². The van der Waals surface area contributed by atoms with Gasteiger partial charge in [0.15, 0.2) is 0 Å². The van der Waals surface area contributed by atoms with Crippen LogP contribution in [0, 0.1) is 5.92 Å². The highest BCUT2D eigenvalue weighted by Gasteiger charge is 2.38. The van der Waals surface area contributed by atoms with Gasteiger partial charge in [-0.1, -0.05) is 6.92 Å². The van der Waals surface area contributed by atoms with Crippen LogP contribution < -0.4 is 0 Å². The molecule has 0 spiro atoms. The summed E-state index contributed by atoms with van der Waals surface area (Å²) in [4.78, 5) is 28.6. The second kappa shape index (κ2) is 5.56. The monoisotopic (exact) mass is 255 g/mol. The molecule has 0 aromatic carbocycles. The number of amides is 2. The maximum atomic E-state index is 12.1. The van der Waals surface area contributed by atoms with E-state index in [-0.39, 0.29) is 11.9 Å². The molecule has 2 heterocycles. The largest absolute Gasteiger partial charge is 0.481 e. The van der Waals surface area contributed by atoms with Gasteiger partial charge in [-0.2, -0.15) is 0 Å². The maximum Gasteiger partial charge on any atom is 0.320 e. The number of hydrogen-bond acceptors (Lipinski definition) is 3. The van der Waals surface area contributed by atoms with Crippen molar-refractivity contribution in [1.29, 1.82) is 0 Å². The summed E-state index contributed by atoms with van der Waals surface area (Å²) in [5.74, 6) is -1.16. The van der Waals surface area contributed by atoms with Crippen LogP contribution in [0.5, 0.6) is 0 Å². The first-order chi connectivity index (χ1) is 8.61. The third-order valence-corrected chi connectivity index (χ3v) is 3.68. The second-order valence-corrected chi connectivity index (χ2v) is 5.05. The Kier molecular flexibility index (Phi) is 4.06. The first-order valence-corrected chi connectivity index (χ1v) is 6.60. The normalized spacial score (nSPS) is 21.8. The number of carbonyl (C=O) groups excluding carboxylic acids is 1. The molecule has 0 atom stereocenters. The van der Waals surface area contributed by atoms with E-state index < -0.39 is 5.97 Å². The molecule has 102 valence electrons. The predicted molar refractivity (Wildman–Crippen MR) is 66.4 cm³/mol. The number of carbonyl (C=O) groups is 2. The van der Waals surface area contributed by atoms with Crippen molar-refractivity contribution in [2.75, 3.05) is 45.8 Å². The summed E-state index contributed by atoms with van der Waals surface area (Å²) in [7, 11) is 0. The minimum absolute atomic E-state index is 0.00338. The molecular formula is C12H21N3O3. The Morgan fingerprint density at radius 2 is 1.72 bits per heavy atom. The Labute approximate surface area is 107 Å². The summed E-state index contributed by atoms with van der Waals surface area (Å²) < 4.78 is 0. The molecule has 2 amide bonds. The molecule has 2 rings (SSSR count). The number of rotatable bonds is 3. The van der Waals surface area contributed by atoms with Crippen molar-refractivity contribution in [3.05, 3.63) is 0 Å². The molecule has 0 aromatic heterocycles. The van der Waals surface area contributed by atoms with E-state index in [9.17, 15) is 9.59 Å². The first kappa shape index (κ1) is 13.1. The van der Waals surface area contributed by atoms with Crippen LogP contribution in [0.4, 0.5) is 4.79 Å². The van der Waals surface area contributed by atoms with Crippen LogP contribution in [0.1, 0.15) is 13.3 Å². The molecule has 2 fully saturated rings. The van der Waals surface area contributed by atoms with Gasteiger partial charge in [-0.3, -0.25) is 9.69 Å². The zero-order chi connectivity index (χ0) is 13.1. The number of likely N-dealkylation sites (tertiary alicyclic amines) is 1. The summed E-state index contributed by atoms with van der Waals surface area (Å²) >= 11 is 0. The second-order valence-electron chi connectivity index (χ2n) is 5.05. The van der Waals surface area contributed by atoms with Crippen LogP contribution in [0.15, 0.2) is 0 Å². The van der Waals surface area contributed by atoms with Crippen molar-refractivity contribution in [1.82, 2.24) is 14.7 Å². The fraction of sp³-hybridized carbons (Fsp3) is 0.833. The molecule has 0 aromatic rings. The fourth-order valence-corrected chi connectivity index (χ4v) is 2.47. The number of carboxylic acids is 1. The van der Waals surface area contributed by atoms with Gasteiger partial charge < -0.3 is 14.9 Å². The van der Waals surface area contributed by atoms with E-state index in [0.717, 1.165) is 39.1 Å². The average molecular weight is 255 g/mol. The highest BCUT2D eigenvalue weighted by molar-refractivity contribution is 5.79. The molecule has 1 N–H and O–H groups in total. The number of piperazine rings is 1. The van der Waals surface area contributed by atoms with Crippen LogP contribution in [0.2, 0.25) is 0 Å². The summed E-state index contributed by atoms with van der Waals surface area (Å²) in [5.41, 5.74) is 0. The van der Waals surface area contributed by atoms with E-state index in [1.165, 1.54) is 0 Å². The third kappa shape index (κ3) is 2.75. The predicted octanol–water partition coefficient (Wildman–Crippen LogP) is 0.150. The smallest absolute Gasteiger partial charge is 0.320 e. The zero-order valence-electron chi connectivity index (χ0n) is 10.8. The van der Waals surface area contributed by atoms with Gasteiger partial charge in [0.05, 0.1) is 5.92 Å². The van der Waals surface area contributed by atoms with Crippen molar-refractivity contribution >= 4 is 12.0 Å².